The summed E-state index contributed by atoms with van der Waals surface area (Å²) in [6.07, 6.45) is 5.98. The molecule has 0 aliphatic carbocycles. The Bertz CT molecular complexity index is 317. The zero-order valence-electron chi connectivity index (χ0n) is 9.94. The van der Waals surface area contributed by atoms with Gasteiger partial charge in [0.05, 0.1) is 5.54 Å². The standard InChI is InChI=1S/C11H20N4O/c1-3-11(13-2,10(12)16)6-4-8-15-9-5-7-14-15/h5,7,9,13H,3-4,6,8H2,1-2H3,(H2,12,16). The highest BCUT2D eigenvalue weighted by Gasteiger charge is 2.31. The van der Waals surface area contributed by atoms with Crippen LogP contribution < -0.4 is 11.1 Å². The minimum atomic E-state index is -0.576. The Morgan fingerprint density at radius 3 is 2.81 bits per heavy atom. The lowest BCUT2D eigenvalue weighted by atomic mass is 9.90. The average Bonchev–Trinajstić information content (AvgIpc) is 2.77. The van der Waals surface area contributed by atoms with Gasteiger partial charge in [-0.3, -0.25) is 9.48 Å². The number of nitrogens with two attached hydrogens (primary N) is 1. The predicted octanol–water partition coefficient (Wildman–Crippen LogP) is 0.517. The maximum Gasteiger partial charge on any atom is 0.237 e. The first kappa shape index (κ1) is 12.7. The van der Waals surface area contributed by atoms with Gasteiger partial charge >= 0.3 is 0 Å². The molecule has 0 saturated carbocycles. The molecule has 0 bridgehead atoms. The molecular formula is C11H20N4O. The monoisotopic (exact) mass is 224 g/mol. The average molecular weight is 224 g/mol. The van der Waals surface area contributed by atoms with Crippen molar-refractivity contribution in [1.82, 2.24) is 15.1 Å². The fraction of sp³-hybridized carbons (Fsp3) is 0.636. The third kappa shape index (κ3) is 2.82. The molecule has 1 aromatic rings. The molecule has 0 spiro atoms. The molecule has 5 nitrogen and oxygen atoms in total. The minimum absolute atomic E-state index is 0.280. The quantitative estimate of drug-likeness (QED) is 0.709. The normalized spacial score (nSPS) is 14.6. The van der Waals surface area contributed by atoms with Gasteiger partial charge in [-0.05, 0) is 32.4 Å². The molecule has 1 unspecified atom stereocenters. The number of hydrogen-bond donors (Lipinski definition) is 2. The fourth-order valence-electron chi connectivity index (χ4n) is 1.87. The molecule has 1 heterocycles. The number of amides is 1. The first-order valence-electron chi connectivity index (χ1n) is 5.61. The highest BCUT2D eigenvalue weighted by atomic mass is 16.1. The van der Waals surface area contributed by atoms with Gasteiger partial charge in [0.2, 0.25) is 5.91 Å². The van der Waals surface area contributed by atoms with Crippen molar-refractivity contribution in [3.8, 4) is 0 Å². The molecule has 1 rings (SSSR count). The summed E-state index contributed by atoms with van der Waals surface area (Å²) >= 11 is 0. The third-order valence-electron chi connectivity index (χ3n) is 3.10. The van der Waals surface area contributed by atoms with E-state index in [0.29, 0.717) is 6.42 Å². The van der Waals surface area contributed by atoms with E-state index in [1.807, 2.05) is 23.9 Å². The van der Waals surface area contributed by atoms with E-state index in [1.165, 1.54) is 0 Å². The minimum Gasteiger partial charge on any atom is -0.368 e. The number of nitrogens with one attached hydrogen (secondary N) is 1. The van der Waals surface area contributed by atoms with Crippen LogP contribution in [0.2, 0.25) is 0 Å². The largest absolute Gasteiger partial charge is 0.368 e. The second-order valence-corrected chi connectivity index (χ2v) is 3.92. The molecule has 90 valence electrons. The van der Waals surface area contributed by atoms with Gasteiger partial charge in [-0.1, -0.05) is 6.92 Å². The van der Waals surface area contributed by atoms with Gasteiger partial charge < -0.3 is 11.1 Å². The van der Waals surface area contributed by atoms with Gasteiger partial charge in [0.1, 0.15) is 0 Å². The molecule has 0 aliphatic rings. The van der Waals surface area contributed by atoms with Crippen LogP contribution in [-0.4, -0.2) is 28.3 Å². The van der Waals surface area contributed by atoms with Crippen LogP contribution in [0.5, 0.6) is 0 Å². The maximum absolute atomic E-state index is 11.4. The van der Waals surface area contributed by atoms with Crippen molar-refractivity contribution in [3.05, 3.63) is 18.5 Å². The molecule has 1 amide bonds. The molecule has 0 aliphatic heterocycles. The molecule has 3 N–H and O–H groups in total. The molecule has 0 aromatic carbocycles. The van der Waals surface area contributed by atoms with Crippen molar-refractivity contribution in [2.24, 2.45) is 5.73 Å². The van der Waals surface area contributed by atoms with Crippen LogP contribution in [-0.2, 0) is 11.3 Å². The number of likely N-dealkylation sites (N-methyl/N-ethyl adjacent to an activating group) is 1. The lowest BCUT2D eigenvalue weighted by Gasteiger charge is -2.28. The van der Waals surface area contributed by atoms with E-state index >= 15 is 0 Å². The van der Waals surface area contributed by atoms with Crippen LogP contribution in [0, 0.1) is 0 Å². The Balaban J connectivity index is 2.47. The van der Waals surface area contributed by atoms with Crippen molar-refractivity contribution >= 4 is 5.91 Å². The van der Waals surface area contributed by atoms with Gasteiger partial charge in [-0.15, -0.1) is 0 Å². The molecule has 1 atom stereocenters. The lowest BCUT2D eigenvalue weighted by Crippen LogP contribution is -2.53. The Morgan fingerprint density at radius 1 is 1.62 bits per heavy atom. The fourth-order valence-corrected chi connectivity index (χ4v) is 1.87. The van der Waals surface area contributed by atoms with Gasteiger partial charge in [-0.2, -0.15) is 5.10 Å². The predicted molar refractivity (Wildman–Crippen MR) is 62.7 cm³/mol. The van der Waals surface area contributed by atoms with Crippen molar-refractivity contribution in [2.45, 2.75) is 38.3 Å². The summed E-state index contributed by atoms with van der Waals surface area (Å²) in [5.74, 6) is -0.280. The lowest BCUT2D eigenvalue weighted by molar-refractivity contribution is -0.124. The van der Waals surface area contributed by atoms with Crippen LogP contribution in [0.15, 0.2) is 18.5 Å². The highest BCUT2D eigenvalue weighted by Crippen LogP contribution is 2.17. The third-order valence-corrected chi connectivity index (χ3v) is 3.10. The first-order chi connectivity index (χ1) is 7.64. The van der Waals surface area contributed by atoms with Gasteiger partial charge in [-0.25, -0.2) is 0 Å². The Labute approximate surface area is 96.0 Å². The van der Waals surface area contributed by atoms with E-state index < -0.39 is 5.54 Å². The number of nitrogens with zero attached hydrogens (tertiary/aromatic N) is 2. The van der Waals surface area contributed by atoms with Gasteiger partial charge in [0, 0.05) is 18.9 Å². The van der Waals surface area contributed by atoms with Crippen LogP contribution in [0.25, 0.3) is 0 Å². The van der Waals surface area contributed by atoms with Crippen LogP contribution in [0.1, 0.15) is 26.2 Å². The first-order valence-corrected chi connectivity index (χ1v) is 5.61. The summed E-state index contributed by atoms with van der Waals surface area (Å²) in [7, 11) is 1.78. The molecule has 1 aromatic heterocycles. The van der Waals surface area contributed by atoms with E-state index in [2.05, 4.69) is 10.4 Å². The smallest absolute Gasteiger partial charge is 0.237 e. The molecule has 0 fully saturated rings. The van der Waals surface area contributed by atoms with Crippen LogP contribution in [0.3, 0.4) is 0 Å². The van der Waals surface area contributed by atoms with Crippen molar-refractivity contribution in [2.75, 3.05) is 7.05 Å². The van der Waals surface area contributed by atoms with Crippen LogP contribution in [0.4, 0.5) is 0 Å². The topological polar surface area (TPSA) is 72.9 Å². The van der Waals surface area contributed by atoms with E-state index in [-0.39, 0.29) is 5.91 Å². The number of aryl methyl sites for hydroxylation is 1. The summed E-state index contributed by atoms with van der Waals surface area (Å²) in [6, 6.07) is 1.89. The van der Waals surface area contributed by atoms with E-state index in [1.54, 1.807) is 13.2 Å². The summed E-state index contributed by atoms with van der Waals surface area (Å²) < 4.78 is 1.86. The van der Waals surface area contributed by atoms with Crippen LogP contribution >= 0.6 is 0 Å². The highest BCUT2D eigenvalue weighted by molar-refractivity contribution is 5.84. The second kappa shape index (κ2) is 5.65. The molecule has 0 radical (unpaired) electrons. The number of hydrogen-bond acceptors (Lipinski definition) is 3. The molecular weight excluding hydrogens is 204 g/mol. The SMILES string of the molecule is CCC(CCCn1cccn1)(NC)C(N)=O. The summed E-state index contributed by atoms with van der Waals surface area (Å²) in [6.45, 7) is 2.78. The maximum atomic E-state index is 11.4. The summed E-state index contributed by atoms with van der Waals surface area (Å²) in [5, 5.41) is 7.15. The van der Waals surface area contributed by atoms with Gasteiger partial charge in [0.25, 0.3) is 0 Å². The molecule has 5 heteroatoms. The van der Waals surface area contributed by atoms with Crippen molar-refractivity contribution < 1.29 is 4.79 Å². The number of primary amides is 1. The zero-order valence-corrected chi connectivity index (χ0v) is 9.94. The van der Waals surface area contributed by atoms with E-state index in [0.717, 1.165) is 19.4 Å². The summed E-state index contributed by atoms with van der Waals surface area (Å²) in [4.78, 5) is 11.4. The zero-order chi connectivity index (χ0) is 12.0. The Morgan fingerprint density at radius 2 is 2.38 bits per heavy atom. The van der Waals surface area contributed by atoms with Gasteiger partial charge in [0.15, 0.2) is 0 Å². The second-order valence-electron chi connectivity index (χ2n) is 3.92. The summed E-state index contributed by atoms with van der Waals surface area (Å²) in [5.41, 5.74) is 4.85. The van der Waals surface area contributed by atoms with Crippen molar-refractivity contribution in [1.29, 1.82) is 0 Å². The van der Waals surface area contributed by atoms with E-state index in [9.17, 15) is 4.79 Å². The van der Waals surface area contributed by atoms with Crippen molar-refractivity contribution in [3.63, 3.8) is 0 Å². The molecule has 0 saturated heterocycles. The Kier molecular flexibility index (Phi) is 4.49. The Hall–Kier alpha value is -1.36. The number of carbonyl (C=O) groups excluding carboxylic acids is 1. The molecule has 16 heavy (non-hydrogen) atoms. The number of rotatable bonds is 7. The van der Waals surface area contributed by atoms with E-state index in [4.69, 9.17) is 5.73 Å². The number of aromatic nitrogens is 2. The number of carbonyl (C=O) groups is 1.